The lowest BCUT2D eigenvalue weighted by Gasteiger charge is -2.10. The predicted molar refractivity (Wildman–Crippen MR) is 73.8 cm³/mol. The third kappa shape index (κ3) is 3.99. The fourth-order valence-electron chi connectivity index (χ4n) is 1.80. The zero-order valence-electron chi connectivity index (χ0n) is 12.2. The van der Waals surface area contributed by atoms with E-state index in [1.165, 1.54) is 6.07 Å². The highest BCUT2D eigenvalue weighted by atomic mass is 19.4. The van der Waals surface area contributed by atoms with Gasteiger partial charge in [-0.3, -0.25) is 0 Å². The van der Waals surface area contributed by atoms with Gasteiger partial charge in [0.1, 0.15) is 12.6 Å². The number of nitrogens with zero attached hydrogens (tertiary/aromatic N) is 1. The van der Waals surface area contributed by atoms with E-state index in [1.807, 2.05) is 27.7 Å². The Morgan fingerprint density at radius 3 is 2.40 bits per heavy atom. The van der Waals surface area contributed by atoms with E-state index in [2.05, 4.69) is 4.99 Å². The van der Waals surface area contributed by atoms with E-state index in [0.717, 1.165) is 12.1 Å². The highest BCUT2D eigenvalue weighted by Crippen LogP contribution is 2.32. The molecule has 20 heavy (non-hydrogen) atoms. The minimum atomic E-state index is -4.32. The van der Waals surface area contributed by atoms with Gasteiger partial charge >= 0.3 is 6.18 Å². The molecule has 0 aliphatic carbocycles. The average Bonchev–Trinajstić information content (AvgIpc) is 2.90. The summed E-state index contributed by atoms with van der Waals surface area (Å²) in [5.74, 6) is 0.762. The summed E-state index contributed by atoms with van der Waals surface area (Å²) in [5.41, 5.74) is -0.103. The first-order valence-electron chi connectivity index (χ1n) is 6.75. The van der Waals surface area contributed by atoms with Crippen molar-refractivity contribution in [2.24, 2.45) is 10.9 Å². The van der Waals surface area contributed by atoms with Crippen LogP contribution in [0.5, 0.6) is 0 Å². The van der Waals surface area contributed by atoms with Crippen molar-refractivity contribution in [1.82, 2.24) is 0 Å². The molecule has 1 atom stereocenters. The molecule has 5 heteroatoms. The van der Waals surface area contributed by atoms with Gasteiger partial charge in [0.15, 0.2) is 5.90 Å². The molecule has 1 aliphatic rings. The van der Waals surface area contributed by atoms with Gasteiger partial charge in [-0.2, -0.15) is 13.2 Å². The SMILES string of the molecule is CC.CC(C)C1=NC(c2cccc(C(F)(F)F)c2)CO1. The van der Waals surface area contributed by atoms with Crippen molar-refractivity contribution in [3.05, 3.63) is 35.4 Å². The van der Waals surface area contributed by atoms with Crippen molar-refractivity contribution in [2.45, 2.75) is 39.9 Å². The summed E-state index contributed by atoms with van der Waals surface area (Å²) in [4.78, 5) is 4.31. The van der Waals surface area contributed by atoms with Gasteiger partial charge in [-0.15, -0.1) is 0 Å². The fourth-order valence-corrected chi connectivity index (χ4v) is 1.80. The molecular formula is C15H20F3NO. The molecule has 0 amide bonds. The highest BCUT2D eigenvalue weighted by Gasteiger charge is 2.31. The molecule has 0 bridgehead atoms. The minimum Gasteiger partial charge on any atom is -0.478 e. The molecule has 1 aliphatic heterocycles. The maximum atomic E-state index is 12.6. The van der Waals surface area contributed by atoms with Crippen molar-refractivity contribution in [1.29, 1.82) is 0 Å². The summed E-state index contributed by atoms with van der Waals surface area (Å²) < 4.78 is 43.2. The van der Waals surface area contributed by atoms with Gasteiger partial charge in [0.2, 0.25) is 0 Å². The first-order chi connectivity index (χ1) is 9.38. The summed E-state index contributed by atoms with van der Waals surface area (Å²) in [6.07, 6.45) is -4.32. The topological polar surface area (TPSA) is 21.6 Å². The number of benzene rings is 1. The van der Waals surface area contributed by atoms with Gasteiger partial charge in [-0.05, 0) is 17.7 Å². The van der Waals surface area contributed by atoms with Crippen molar-refractivity contribution in [2.75, 3.05) is 6.61 Å². The van der Waals surface area contributed by atoms with Crippen LogP contribution in [0.1, 0.15) is 44.9 Å². The number of halogens is 3. The van der Waals surface area contributed by atoms with Gasteiger partial charge in [-0.1, -0.05) is 39.8 Å². The zero-order valence-corrected chi connectivity index (χ0v) is 12.2. The van der Waals surface area contributed by atoms with Crippen LogP contribution >= 0.6 is 0 Å². The quantitative estimate of drug-likeness (QED) is 0.761. The van der Waals surface area contributed by atoms with Gasteiger partial charge in [0.05, 0.1) is 5.56 Å². The Bertz CT molecular complexity index is 466. The van der Waals surface area contributed by atoms with Crippen molar-refractivity contribution in [3.8, 4) is 0 Å². The standard InChI is InChI=1S/C13H14F3NO.C2H6/c1-8(2)12-17-11(7-18-12)9-4-3-5-10(6-9)13(14,15)16;1-2/h3-6,8,11H,7H2,1-2H3;1-2H3. The predicted octanol–water partition coefficient (Wildman–Crippen LogP) is 4.86. The van der Waals surface area contributed by atoms with Crippen LogP contribution < -0.4 is 0 Å². The van der Waals surface area contributed by atoms with Gasteiger partial charge in [-0.25, -0.2) is 4.99 Å². The van der Waals surface area contributed by atoms with Crippen LogP contribution in [0.2, 0.25) is 0 Å². The molecule has 1 aromatic rings. The summed E-state index contributed by atoms with van der Waals surface area (Å²) >= 11 is 0. The van der Waals surface area contributed by atoms with E-state index in [0.29, 0.717) is 18.1 Å². The van der Waals surface area contributed by atoms with Crippen LogP contribution in [0, 0.1) is 5.92 Å². The lowest BCUT2D eigenvalue weighted by atomic mass is 10.0. The fraction of sp³-hybridized carbons (Fsp3) is 0.533. The Labute approximate surface area is 117 Å². The van der Waals surface area contributed by atoms with Crippen molar-refractivity contribution >= 4 is 5.90 Å². The maximum Gasteiger partial charge on any atom is 0.416 e. The van der Waals surface area contributed by atoms with E-state index in [-0.39, 0.29) is 12.0 Å². The Morgan fingerprint density at radius 2 is 1.90 bits per heavy atom. The van der Waals surface area contributed by atoms with E-state index >= 15 is 0 Å². The Balaban J connectivity index is 0.000000956. The van der Waals surface area contributed by atoms with E-state index in [4.69, 9.17) is 4.74 Å². The van der Waals surface area contributed by atoms with E-state index < -0.39 is 11.7 Å². The second-order valence-electron chi connectivity index (χ2n) is 4.57. The second kappa shape index (κ2) is 6.77. The summed E-state index contributed by atoms with van der Waals surface area (Å²) in [6.45, 7) is 8.19. The average molecular weight is 287 g/mol. The molecule has 112 valence electrons. The van der Waals surface area contributed by atoms with E-state index in [9.17, 15) is 13.2 Å². The first kappa shape index (κ1) is 16.5. The van der Waals surface area contributed by atoms with Crippen LogP contribution in [0.3, 0.4) is 0 Å². The summed E-state index contributed by atoms with van der Waals surface area (Å²) in [7, 11) is 0. The Kier molecular flexibility index (Phi) is 5.60. The number of ether oxygens (including phenoxy) is 1. The maximum absolute atomic E-state index is 12.6. The van der Waals surface area contributed by atoms with Crippen LogP contribution in [-0.2, 0) is 10.9 Å². The molecule has 2 nitrogen and oxygen atoms in total. The number of aliphatic imine (C=N–C) groups is 1. The lowest BCUT2D eigenvalue weighted by Crippen LogP contribution is -2.07. The molecule has 0 aromatic heterocycles. The third-order valence-corrected chi connectivity index (χ3v) is 2.76. The molecule has 0 N–H and O–H groups in total. The first-order valence-corrected chi connectivity index (χ1v) is 6.75. The van der Waals surface area contributed by atoms with Crippen molar-refractivity contribution < 1.29 is 17.9 Å². The number of alkyl halides is 3. The second-order valence-corrected chi connectivity index (χ2v) is 4.57. The van der Waals surface area contributed by atoms with Crippen LogP contribution in [0.15, 0.2) is 29.3 Å². The molecule has 1 aromatic carbocycles. The summed E-state index contributed by atoms with van der Waals surface area (Å²) in [5, 5.41) is 0. The van der Waals surface area contributed by atoms with E-state index in [1.54, 1.807) is 6.07 Å². The van der Waals surface area contributed by atoms with Gasteiger partial charge in [0, 0.05) is 5.92 Å². The molecule has 0 spiro atoms. The monoisotopic (exact) mass is 287 g/mol. The normalized spacial score (nSPS) is 18.2. The van der Waals surface area contributed by atoms with Crippen molar-refractivity contribution in [3.63, 3.8) is 0 Å². The number of hydrogen-bond acceptors (Lipinski definition) is 2. The Hall–Kier alpha value is -1.52. The number of hydrogen-bond donors (Lipinski definition) is 0. The van der Waals surface area contributed by atoms with Gasteiger partial charge in [0.25, 0.3) is 0 Å². The molecule has 1 heterocycles. The Morgan fingerprint density at radius 1 is 1.25 bits per heavy atom. The molecular weight excluding hydrogens is 267 g/mol. The number of rotatable bonds is 2. The van der Waals surface area contributed by atoms with Crippen LogP contribution in [0.25, 0.3) is 0 Å². The lowest BCUT2D eigenvalue weighted by molar-refractivity contribution is -0.137. The van der Waals surface area contributed by atoms with Crippen LogP contribution in [0.4, 0.5) is 13.2 Å². The summed E-state index contributed by atoms with van der Waals surface area (Å²) in [6, 6.07) is 4.93. The molecule has 1 unspecified atom stereocenters. The highest BCUT2D eigenvalue weighted by molar-refractivity contribution is 5.79. The largest absolute Gasteiger partial charge is 0.478 e. The van der Waals surface area contributed by atoms with Crippen LogP contribution in [-0.4, -0.2) is 12.5 Å². The molecule has 0 saturated carbocycles. The molecule has 0 fully saturated rings. The van der Waals surface area contributed by atoms with Gasteiger partial charge < -0.3 is 4.74 Å². The molecule has 2 rings (SSSR count). The minimum absolute atomic E-state index is 0.154. The molecule has 0 radical (unpaired) electrons. The third-order valence-electron chi connectivity index (χ3n) is 2.76. The smallest absolute Gasteiger partial charge is 0.416 e. The zero-order chi connectivity index (χ0) is 15.3. The molecule has 0 saturated heterocycles.